The number of nitrogens with zero attached hydrogens (tertiary/aromatic N) is 4. The fourth-order valence-corrected chi connectivity index (χ4v) is 2.28. The van der Waals surface area contributed by atoms with Crippen LogP contribution in [-0.2, 0) is 5.75 Å². The van der Waals surface area contributed by atoms with Gasteiger partial charge < -0.3 is 14.8 Å². The van der Waals surface area contributed by atoms with E-state index in [1.54, 1.807) is 19.3 Å². The molecule has 3 aromatic heterocycles. The largest absolute Gasteiger partial charge is 0.461 e. The molecule has 3 rings (SSSR count). The van der Waals surface area contributed by atoms with Gasteiger partial charge in [-0.25, -0.2) is 4.68 Å². The summed E-state index contributed by atoms with van der Waals surface area (Å²) in [5.41, 5.74) is 0.789. The Kier molecular flexibility index (Phi) is 3.00. The lowest BCUT2D eigenvalue weighted by atomic mass is 10.3. The summed E-state index contributed by atoms with van der Waals surface area (Å²) in [5, 5.41) is 12.5. The van der Waals surface area contributed by atoms with Crippen molar-refractivity contribution in [3.05, 3.63) is 36.0 Å². The third-order valence-electron chi connectivity index (χ3n) is 2.51. The molecule has 0 unspecified atom stereocenters. The Hall–Kier alpha value is -2.22. The Morgan fingerprint density at radius 3 is 2.95 bits per heavy atom. The van der Waals surface area contributed by atoms with Crippen LogP contribution >= 0.6 is 11.8 Å². The topological polar surface area (TPSA) is 95.9 Å². The van der Waals surface area contributed by atoms with E-state index in [-0.39, 0.29) is 0 Å². The quantitative estimate of drug-likeness (QED) is 0.574. The number of rotatable bonds is 4. The summed E-state index contributed by atoms with van der Waals surface area (Å²) in [6.07, 6.45) is 1.59. The average Bonchev–Trinajstić information content (AvgIpc) is 3.11. The molecule has 0 aromatic carbocycles. The summed E-state index contributed by atoms with van der Waals surface area (Å²) in [4.78, 5) is 0. The van der Waals surface area contributed by atoms with Crippen LogP contribution in [0.15, 0.2) is 38.6 Å². The van der Waals surface area contributed by atoms with Crippen molar-refractivity contribution in [3.8, 4) is 11.5 Å². The van der Waals surface area contributed by atoms with Gasteiger partial charge in [-0.3, -0.25) is 0 Å². The summed E-state index contributed by atoms with van der Waals surface area (Å²) in [5.74, 6) is 8.28. The van der Waals surface area contributed by atoms with Gasteiger partial charge in [0.25, 0.3) is 0 Å². The molecule has 0 aliphatic rings. The van der Waals surface area contributed by atoms with Crippen LogP contribution in [0.2, 0.25) is 0 Å². The van der Waals surface area contributed by atoms with E-state index in [0.717, 1.165) is 5.69 Å². The normalized spacial score (nSPS) is 11.0. The number of aryl methyl sites for hydroxylation is 1. The fraction of sp³-hybridized carbons (Fsp3) is 0.182. The molecule has 19 heavy (non-hydrogen) atoms. The van der Waals surface area contributed by atoms with Crippen LogP contribution < -0.4 is 5.84 Å². The van der Waals surface area contributed by atoms with E-state index < -0.39 is 0 Å². The first kappa shape index (κ1) is 11.8. The molecule has 3 aromatic rings. The summed E-state index contributed by atoms with van der Waals surface area (Å²) >= 11 is 1.44. The first-order chi connectivity index (χ1) is 9.24. The van der Waals surface area contributed by atoms with Crippen LogP contribution in [0.5, 0.6) is 0 Å². The second-order valence-corrected chi connectivity index (χ2v) is 4.79. The van der Waals surface area contributed by atoms with E-state index in [1.807, 2.05) is 12.1 Å². The lowest BCUT2D eigenvalue weighted by Crippen LogP contribution is -2.11. The molecule has 0 saturated heterocycles. The van der Waals surface area contributed by atoms with Crippen molar-refractivity contribution >= 4 is 11.8 Å². The summed E-state index contributed by atoms with van der Waals surface area (Å²) in [6, 6.07) is 5.44. The zero-order valence-electron chi connectivity index (χ0n) is 10.1. The van der Waals surface area contributed by atoms with Gasteiger partial charge in [0, 0.05) is 11.8 Å². The number of nitrogens with two attached hydrogens (primary N) is 1. The van der Waals surface area contributed by atoms with Crippen molar-refractivity contribution in [1.29, 1.82) is 0 Å². The summed E-state index contributed by atoms with van der Waals surface area (Å²) in [6.45, 7) is 1.79. The van der Waals surface area contributed by atoms with E-state index in [9.17, 15) is 0 Å². The molecule has 0 aliphatic carbocycles. The molecule has 0 radical (unpaired) electrons. The first-order valence-corrected chi connectivity index (χ1v) is 6.52. The summed E-state index contributed by atoms with van der Waals surface area (Å²) in [7, 11) is 0. The highest BCUT2D eigenvalue weighted by Crippen LogP contribution is 2.24. The van der Waals surface area contributed by atoms with Gasteiger partial charge in [0.1, 0.15) is 5.82 Å². The third kappa shape index (κ3) is 2.34. The first-order valence-electron chi connectivity index (χ1n) is 5.53. The number of aromatic nitrogens is 4. The molecule has 98 valence electrons. The maximum atomic E-state index is 5.76. The minimum atomic E-state index is 0.597. The van der Waals surface area contributed by atoms with Gasteiger partial charge in [-0.15, -0.1) is 10.2 Å². The van der Waals surface area contributed by atoms with E-state index in [0.29, 0.717) is 28.3 Å². The van der Waals surface area contributed by atoms with Gasteiger partial charge in [0.05, 0.1) is 12.0 Å². The van der Waals surface area contributed by atoms with Gasteiger partial charge >= 0.3 is 0 Å². The minimum absolute atomic E-state index is 0.597. The maximum absolute atomic E-state index is 5.76. The molecule has 0 bridgehead atoms. The molecule has 0 fully saturated rings. The standard InChI is InChI=1S/C11H11N5O2S/c1-7-13-14-11(16(7)12)19-6-8-5-10(18-15-8)9-3-2-4-17-9/h2-5H,6,12H2,1H3. The molecule has 8 heteroatoms. The molecule has 2 N–H and O–H groups in total. The van der Waals surface area contributed by atoms with Gasteiger partial charge in [-0.1, -0.05) is 16.9 Å². The highest BCUT2D eigenvalue weighted by Gasteiger charge is 2.11. The lowest BCUT2D eigenvalue weighted by molar-refractivity contribution is 0.413. The smallest absolute Gasteiger partial charge is 0.210 e. The van der Waals surface area contributed by atoms with Crippen LogP contribution in [-0.4, -0.2) is 20.0 Å². The van der Waals surface area contributed by atoms with E-state index >= 15 is 0 Å². The van der Waals surface area contributed by atoms with Crippen molar-refractivity contribution in [2.24, 2.45) is 0 Å². The Morgan fingerprint density at radius 1 is 1.37 bits per heavy atom. The number of thioether (sulfide) groups is 1. The molecule has 0 amide bonds. The van der Waals surface area contributed by atoms with E-state index in [4.69, 9.17) is 14.8 Å². The van der Waals surface area contributed by atoms with Crippen molar-refractivity contribution in [2.45, 2.75) is 17.8 Å². The van der Waals surface area contributed by atoms with Gasteiger partial charge in [0.15, 0.2) is 5.76 Å². The van der Waals surface area contributed by atoms with Crippen molar-refractivity contribution < 1.29 is 8.94 Å². The lowest BCUT2D eigenvalue weighted by Gasteiger charge is -1.98. The van der Waals surface area contributed by atoms with E-state index in [2.05, 4.69) is 15.4 Å². The highest BCUT2D eigenvalue weighted by atomic mass is 32.2. The van der Waals surface area contributed by atoms with Crippen molar-refractivity contribution in [2.75, 3.05) is 5.84 Å². The van der Waals surface area contributed by atoms with Gasteiger partial charge in [-0.05, 0) is 19.1 Å². The number of furan rings is 1. The molecular formula is C11H11N5O2S. The second kappa shape index (κ2) is 4.81. The van der Waals surface area contributed by atoms with Crippen LogP contribution in [0.4, 0.5) is 0 Å². The zero-order valence-corrected chi connectivity index (χ0v) is 10.9. The number of hydrogen-bond donors (Lipinski definition) is 1. The van der Waals surface area contributed by atoms with Crippen LogP contribution in [0.1, 0.15) is 11.5 Å². The van der Waals surface area contributed by atoms with Gasteiger partial charge in [-0.2, -0.15) is 0 Å². The molecule has 3 heterocycles. The molecule has 0 saturated carbocycles. The second-order valence-electron chi connectivity index (χ2n) is 3.85. The average molecular weight is 277 g/mol. The number of hydrogen-bond acceptors (Lipinski definition) is 7. The van der Waals surface area contributed by atoms with Crippen molar-refractivity contribution in [3.63, 3.8) is 0 Å². The van der Waals surface area contributed by atoms with Crippen molar-refractivity contribution in [1.82, 2.24) is 20.0 Å². The third-order valence-corrected chi connectivity index (χ3v) is 3.48. The van der Waals surface area contributed by atoms with Crippen LogP contribution in [0.3, 0.4) is 0 Å². The Morgan fingerprint density at radius 2 is 2.26 bits per heavy atom. The monoisotopic (exact) mass is 277 g/mol. The van der Waals surface area contributed by atoms with Gasteiger partial charge in [0.2, 0.25) is 10.9 Å². The fourth-order valence-electron chi connectivity index (χ4n) is 1.50. The zero-order chi connectivity index (χ0) is 13.2. The SMILES string of the molecule is Cc1nnc(SCc2cc(-c3ccco3)on2)n1N. The Bertz CT molecular complexity index is 673. The summed E-state index contributed by atoms with van der Waals surface area (Å²) < 4.78 is 11.9. The minimum Gasteiger partial charge on any atom is -0.461 e. The van der Waals surface area contributed by atoms with Crippen LogP contribution in [0, 0.1) is 6.92 Å². The molecule has 0 atom stereocenters. The Balaban J connectivity index is 1.69. The van der Waals surface area contributed by atoms with Crippen LogP contribution in [0.25, 0.3) is 11.5 Å². The molecule has 0 aliphatic heterocycles. The Labute approximate surface area is 112 Å². The maximum Gasteiger partial charge on any atom is 0.210 e. The number of nitrogen functional groups attached to an aromatic ring is 1. The molecule has 7 nitrogen and oxygen atoms in total. The van der Waals surface area contributed by atoms with E-state index in [1.165, 1.54) is 16.4 Å². The predicted molar refractivity (Wildman–Crippen MR) is 68.7 cm³/mol. The molecule has 0 spiro atoms. The highest BCUT2D eigenvalue weighted by molar-refractivity contribution is 7.98. The molecular weight excluding hydrogens is 266 g/mol. The predicted octanol–water partition coefficient (Wildman–Crippen LogP) is 1.84.